The number of hydrogen-bond donors (Lipinski definition) is 1. The number of rotatable bonds is 7. The van der Waals surface area contributed by atoms with Gasteiger partial charge in [0.05, 0.1) is 19.4 Å². The first kappa shape index (κ1) is 16.6. The molecule has 0 saturated heterocycles. The van der Waals surface area contributed by atoms with Crippen LogP contribution >= 0.6 is 0 Å². The van der Waals surface area contributed by atoms with Crippen LogP contribution in [0.2, 0.25) is 0 Å². The summed E-state index contributed by atoms with van der Waals surface area (Å²) in [5.74, 6) is -0.273. The molecule has 0 bridgehead atoms. The van der Waals surface area contributed by atoms with Crippen molar-refractivity contribution < 1.29 is 22.4 Å². The third kappa shape index (κ3) is 6.10. The standard InChI is InChI=1S/C13H19F3N2O2/c1-3-10(2)17-7-12(19)18(9-13(14,15)16)8-11-5-4-6-20-11/h4-6,10,17H,3,7-9H2,1-2H3. The lowest BCUT2D eigenvalue weighted by Gasteiger charge is -2.24. The maximum absolute atomic E-state index is 12.5. The highest BCUT2D eigenvalue weighted by Crippen LogP contribution is 2.18. The number of nitrogens with one attached hydrogen (secondary N) is 1. The van der Waals surface area contributed by atoms with Crippen LogP contribution in [0.3, 0.4) is 0 Å². The molecule has 0 aromatic carbocycles. The molecule has 0 saturated carbocycles. The second kappa shape index (κ2) is 7.33. The van der Waals surface area contributed by atoms with E-state index in [1.54, 1.807) is 12.1 Å². The van der Waals surface area contributed by atoms with E-state index in [4.69, 9.17) is 4.42 Å². The van der Waals surface area contributed by atoms with Gasteiger partial charge in [-0.25, -0.2) is 0 Å². The zero-order valence-corrected chi connectivity index (χ0v) is 11.5. The van der Waals surface area contributed by atoms with E-state index < -0.39 is 18.6 Å². The number of nitrogens with zero attached hydrogens (tertiary/aromatic N) is 1. The summed E-state index contributed by atoms with van der Waals surface area (Å²) in [4.78, 5) is 12.6. The van der Waals surface area contributed by atoms with Gasteiger partial charge in [0.2, 0.25) is 5.91 Å². The molecule has 1 N–H and O–H groups in total. The van der Waals surface area contributed by atoms with Crippen LogP contribution in [0.15, 0.2) is 22.8 Å². The van der Waals surface area contributed by atoms with Gasteiger partial charge in [-0.05, 0) is 25.5 Å². The van der Waals surface area contributed by atoms with Crippen LogP contribution in [-0.4, -0.2) is 36.1 Å². The third-order valence-electron chi connectivity index (χ3n) is 2.86. The van der Waals surface area contributed by atoms with Gasteiger partial charge in [0, 0.05) is 6.04 Å². The number of hydrogen-bond acceptors (Lipinski definition) is 3. The minimum absolute atomic E-state index is 0.0790. The Morgan fingerprint density at radius 3 is 2.70 bits per heavy atom. The molecule has 0 fully saturated rings. The molecule has 1 heterocycles. The number of halogens is 3. The summed E-state index contributed by atoms with van der Waals surface area (Å²) in [5, 5.41) is 2.89. The first-order chi connectivity index (χ1) is 9.31. The molecule has 1 rings (SSSR count). The molecule has 4 nitrogen and oxygen atoms in total. The van der Waals surface area contributed by atoms with Crippen LogP contribution in [0.5, 0.6) is 0 Å². The largest absolute Gasteiger partial charge is 0.467 e. The van der Waals surface area contributed by atoms with Gasteiger partial charge in [0.15, 0.2) is 0 Å². The van der Waals surface area contributed by atoms with Gasteiger partial charge >= 0.3 is 6.18 Å². The molecule has 1 aromatic rings. The van der Waals surface area contributed by atoms with E-state index in [1.807, 2.05) is 13.8 Å². The van der Waals surface area contributed by atoms with E-state index in [-0.39, 0.29) is 19.1 Å². The Balaban J connectivity index is 2.63. The zero-order valence-electron chi connectivity index (χ0n) is 11.5. The van der Waals surface area contributed by atoms with Gasteiger partial charge in [-0.2, -0.15) is 13.2 Å². The third-order valence-corrected chi connectivity index (χ3v) is 2.86. The van der Waals surface area contributed by atoms with Crippen molar-refractivity contribution in [1.82, 2.24) is 10.2 Å². The van der Waals surface area contributed by atoms with Crippen molar-refractivity contribution in [3.8, 4) is 0 Å². The molecule has 1 atom stereocenters. The highest BCUT2D eigenvalue weighted by atomic mass is 19.4. The fraction of sp³-hybridized carbons (Fsp3) is 0.615. The van der Waals surface area contributed by atoms with Gasteiger partial charge in [-0.1, -0.05) is 6.92 Å². The average Bonchev–Trinajstić information content (AvgIpc) is 2.85. The predicted octanol–water partition coefficient (Wildman–Crippen LogP) is 2.56. The number of carbonyl (C=O) groups excluding carboxylic acids is 1. The fourth-order valence-electron chi connectivity index (χ4n) is 1.56. The molecule has 0 aliphatic rings. The number of alkyl halides is 3. The summed E-state index contributed by atoms with van der Waals surface area (Å²) in [6, 6.07) is 3.19. The number of amides is 1. The smallest absolute Gasteiger partial charge is 0.406 e. The molecular formula is C13H19F3N2O2. The molecular weight excluding hydrogens is 273 g/mol. The molecule has 0 aliphatic carbocycles. The summed E-state index contributed by atoms with van der Waals surface area (Å²) in [7, 11) is 0. The van der Waals surface area contributed by atoms with Gasteiger partial charge in [0.1, 0.15) is 12.3 Å². The Bertz CT molecular complexity index is 404. The zero-order chi connectivity index (χ0) is 15.2. The average molecular weight is 292 g/mol. The maximum atomic E-state index is 12.5. The molecule has 1 aromatic heterocycles. The van der Waals surface area contributed by atoms with E-state index in [0.29, 0.717) is 5.76 Å². The van der Waals surface area contributed by atoms with Gasteiger partial charge in [-0.3, -0.25) is 4.79 Å². The maximum Gasteiger partial charge on any atom is 0.406 e. The van der Waals surface area contributed by atoms with E-state index >= 15 is 0 Å². The molecule has 0 radical (unpaired) electrons. The highest BCUT2D eigenvalue weighted by molar-refractivity contribution is 5.78. The SMILES string of the molecule is CCC(C)NCC(=O)N(Cc1ccco1)CC(F)(F)F. The second-order valence-corrected chi connectivity index (χ2v) is 4.63. The van der Waals surface area contributed by atoms with Crippen LogP contribution in [0, 0.1) is 0 Å². The van der Waals surface area contributed by atoms with Gasteiger partial charge in [0.25, 0.3) is 0 Å². The number of furan rings is 1. The van der Waals surface area contributed by atoms with Crippen molar-refractivity contribution >= 4 is 5.91 Å². The summed E-state index contributed by atoms with van der Waals surface area (Å²) in [6.07, 6.45) is -2.27. The van der Waals surface area contributed by atoms with Gasteiger partial charge in [-0.15, -0.1) is 0 Å². The normalized spacial score (nSPS) is 13.2. The highest BCUT2D eigenvalue weighted by Gasteiger charge is 2.33. The Labute approximate surface area is 115 Å². The summed E-state index contributed by atoms with van der Waals surface area (Å²) in [6.45, 7) is 2.21. The minimum Gasteiger partial charge on any atom is -0.467 e. The second-order valence-electron chi connectivity index (χ2n) is 4.63. The van der Waals surface area contributed by atoms with Crippen LogP contribution in [0.4, 0.5) is 13.2 Å². The summed E-state index contributed by atoms with van der Waals surface area (Å²) >= 11 is 0. The van der Waals surface area contributed by atoms with E-state index in [1.165, 1.54) is 6.26 Å². The minimum atomic E-state index is -4.43. The van der Waals surface area contributed by atoms with Crippen molar-refractivity contribution in [3.63, 3.8) is 0 Å². The molecule has 114 valence electrons. The van der Waals surface area contributed by atoms with Crippen molar-refractivity contribution in [2.75, 3.05) is 13.1 Å². The van der Waals surface area contributed by atoms with E-state index in [9.17, 15) is 18.0 Å². The fourth-order valence-corrected chi connectivity index (χ4v) is 1.56. The topological polar surface area (TPSA) is 45.5 Å². The van der Waals surface area contributed by atoms with Crippen molar-refractivity contribution in [2.45, 2.75) is 39.0 Å². The van der Waals surface area contributed by atoms with Crippen LogP contribution in [0.1, 0.15) is 26.0 Å². The molecule has 0 spiro atoms. The Kier molecular flexibility index (Phi) is 6.06. The van der Waals surface area contributed by atoms with Crippen LogP contribution in [0.25, 0.3) is 0 Å². The Morgan fingerprint density at radius 2 is 2.20 bits per heavy atom. The van der Waals surface area contributed by atoms with Crippen LogP contribution in [-0.2, 0) is 11.3 Å². The lowest BCUT2D eigenvalue weighted by atomic mass is 10.2. The van der Waals surface area contributed by atoms with Crippen molar-refractivity contribution in [2.24, 2.45) is 0 Å². The van der Waals surface area contributed by atoms with E-state index in [0.717, 1.165) is 11.3 Å². The first-order valence-electron chi connectivity index (χ1n) is 6.42. The van der Waals surface area contributed by atoms with Crippen molar-refractivity contribution in [3.05, 3.63) is 24.2 Å². The molecule has 20 heavy (non-hydrogen) atoms. The molecule has 1 unspecified atom stereocenters. The Hall–Kier alpha value is -1.50. The van der Waals surface area contributed by atoms with Crippen LogP contribution < -0.4 is 5.32 Å². The lowest BCUT2D eigenvalue weighted by molar-refractivity contribution is -0.162. The van der Waals surface area contributed by atoms with Gasteiger partial charge < -0.3 is 14.6 Å². The summed E-state index contributed by atoms with van der Waals surface area (Å²) in [5.41, 5.74) is 0. The van der Waals surface area contributed by atoms with E-state index in [2.05, 4.69) is 5.32 Å². The first-order valence-corrected chi connectivity index (χ1v) is 6.42. The predicted molar refractivity (Wildman–Crippen MR) is 67.9 cm³/mol. The van der Waals surface area contributed by atoms with Crippen molar-refractivity contribution in [1.29, 1.82) is 0 Å². The molecule has 0 aliphatic heterocycles. The molecule has 1 amide bonds. The number of carbonyl (C=O) groups is 1. The quantitative estimate of drug-likeness (QED) is 0.840. The lowest BCUT2D eigenvalue weighted by Crippen LogP contribution is -2.44. The molecule has 7 heteroatoms. The summed E-state index contributed by atoms with van der Waals surface area (Å²) < 4.78 is 42.5. The Morgan fingerprint density at radius 1 is 1.50 bits per heavy atom. The monoisotopic (exact) mass is 292 g/mol.